The fourth-order valence-electron chi connectivity index (χ4n) is 2.71. The van der Waals surface area contributed by atoms with Crippen LogP contribution in [0.15, 0.2) is 18.2 Å². The molecule has 1 aliphatic rings. The van der Waals surface area contributed by atoms with E-state index in [-0.39, 0.29) is 11.6 Å². The normalized spacial score (nSPS) is 17.1. The predicted octanol–water partition coefficient (Wildman–Crippen LogP) is 4.00. The fraction of sp³-hybridized carbons (Fsp3) is 0.533. The van der Waals surface area contributed by atoms with E-state index in [1.807, 2.05) is 12.1 Å². The summed E-state index contributed by atoms with van der Waals surface area (Å²) in [6, 6.07) is 5.31. The first-order chi connectivity index (χ1) is 8.16. The maximum Gasteiger partial charge on any atom is 0.134 e. The van der Waals surface area contributed by atoms with Crippen molar-refractivity contribution in [1.82, 2.24) is 0 Å². The van der Waals surface area contributed by atoms with Crippen LogP contribution < -0.4 is 0 Å². The summed E-state index contributed by atoms with van der Waals surface area (Å²) in [5.41, 5.74) is 1.63. The van der Waals surface area contributed by atoms with Gasteiger partial charge in [-0.2, -0.15) is 0 Å². The van der Waals surface area contributed by atoms with E-state index < -0.39 is 0 Å². The van der Waals surface area contributed by atoms with E-state index in [4.69, 9.17) is 0 Å². The third-order valence-corrected chi connectivity index (χ3v) is 3.56. The van der Waals surface area contributed by atoms with E-state index in [9.17, 15) is 9.18 Å². The van der Waals surface area contributed by atoms with E-state index in [0.717, 1.165) is 24.0 Å². The molecular formula is C15H19FO. The molecule has 0 unspecified atom stereocenters. The summed E-state index contributed by atoms with van der Waals surface area (Å²) in [6.45, 7) is 1.53. The summed E-state index contributed by atoms with van der Waals surface area (Å²) in [6.07, 6.45) is 6.23. The first-order valence-electron chi connectivity index (χ1n) is 6.44. The van der Waals surface area contributed by atoms with Crippen LogP contribution in [0.5, 0.6) is 0 Å². The summed E-state index contributed by atoms with van der Waals surface area (Å²) < 4.78 is 14.0. The topological polar surface area (TPSA) is 17.1 Å². The number of benzene rings is 1. The van der Waals surface area contributed by atoms with Gasteiger partial charge in [-0.15, -0.1) is 0 Å². The molecule has 0 bridgehead atoms. The average Bonchev–Trinajstić information content (AvgIpc) is 2.29. The number of halogens is 1. The maximum absolute atomic E-state index is 14.0. The van der Waals surface area contributed by atoms with Crippen LogP contribution in [0.4, 0.5) is 4.39 Å². The molecule has 1 saturated carbocycles. The van der Waals surface area contributed by atoms with Gasteiger partial charge in [0.15, 0.2) is 0 Å². The highest BCUT2D eigenvalue weighted by atomic mass is 19.1. The minimum Gasteiger partial charge on any atom is -0.300 e. The van der Waals surface area contributed by atoms with Crippen molar-refractivity contribution in [2.24, 2.45) is 0 Å². The number of ketones is 1. The molecule has 0 aliphatic heterocycles. The highest BCUT2D eigenvalue weighted by Crippen LogP contribution is 2.34. The van der Waals surface area contributed by atoms with E-state index in [2.05, 4.69) is 0 Å². The van der Waals surface area contributed by atoms with Gasteiger partial charge in [0, 0.05) is 6.42 Å². The van der Waals surface area contributed by atoms with Crippen molar-refractivity contribution in [2.45, 2.75) is 51.4 Å². The summed E-state index contributed by atoms with van der Waals surface area (Å²) in [5.74, 6) is 0.334. The Balaban J connectivity index is 2.15. The molecule has 1 aliphatic carbocycles. The van der Waals surface area contributed by atoms with Crippen molar-refractivity contribution in [3.05, 3.63) is 35.1 Å². The molecule has 2 heteroatoms. The molecule has 1 nitrogen and oxygen atoms in total. The SMILES string of the molecule is CC(=O)Cc1ccc(C2CCCCC2)c(F)c1. The van der Waals surface area contributed by atoms with Gasteiger partial charge in [0.1, 0.15) is 11.6 Å². The zero-order valence-electron chi connectivity index (χ0n) is 10.3. The van der Waals surface area contributed by atoms with Crippen molar-refractivity contribution < 1.29 is 9.18 Å². The van der Waals surface area contributed by atoms with Crippen LogP contribution >= 0.6 is 0 Å². The number of rotatable bonds is 3. The number of hydrogen-bond donors (Lipinski definition) is 0. The molecule has 2 rings (SSSR count). The second kappa shape index (κ2) is 5.44. The number of carbonyl (C=O) groups is 1. The monoisotopic (exact) mass is 234 g/mol. The van der Waals surface area contributed by atoms with Crippen molar-refractivity contribution in [2.75, 3.05) is 0 Å². The van der Waals surface area contributed by atoms with Gasteiger partial charge in [0.25, 0.3) is 0 Å². The van der Waals surface area contributed by atoms with Crippen molar-refractivity contribution in [3.8, 4) is 0 Å². The van der Waals surface area contributed by atoms with E-state index in [1.54, 1.807) is 0 Å². The lowest BCUT2D eigenvalue weighted by atomic mass is 9.83. The van der Waals surface area contributed by atoms with Crippen LogP contribution in [0.1, 0.15) is 56.1 Å². The summed E-state index contributed by atoms with van der Waals surface area (Å²) in [4.78, 5) is 11.0. The van der Waals surface area contributed by atoms with Crippen LogP contribution in [-0.2, 0) is 11.2 Å². The molecule has 17 heavy (non-hydrogen) atoms. The van der Waals surface area contributed by atoms with Crippen LogP contribution in [0, 0.1) is 5.82 Å². The Labute approximate surface area is 102 Å². The van der Waals surface area contributed by atoms with Crippen molar-refractivity contribution >= 4 is 5.78 Å². The van der Waals surface area contributed by atoms with E-state index in [0.29, 0.717) is 12.3 Å². The van der Waals surface area contributed by atoms with Gasteiger partial charge >= 0.3 is 0 Å². The molecule has 0 saturated heterocycles. The molecule has 0 radical (unpaired) electrons. The lowest BCUT2D eigenvalue weighted by Crippen LogP contribution is -2.07. The molecular weight excluding hydrogens is 215 g/mol. The largest absolute Gasteiger partial charge is 0.300 e. The zero-order chi connectivity index (χ0) is 12.3. The van der Waals surface area contributed by atoms with Gasteiger partial charge in [0.2, 0.25) is 0 Å². The van der Waals surface area contributed by atoms with Crippen LogP contribution in [-0.4, -0.2) is 5.78 Å². The first kappa shape index (κ1) is 12.3. The summed E-state index contributed by atoms with van der Waals surface area (Å²) in [7, 11) is 0. The maximum atomic E-state index is 14.0. The van der Waals surface area contributed by atoms with Crippen LogP contribution in [0.3, 0.4) is 0 Å². The van der Waals surface area contributed by atoms with Crippen molar-refractivity contribution in [3.63, 3.8) is 0 Å². The minimum absolute atomic E-state index is 0.0785. The second-order valence-corrected chi connectivity index (χ2v) is 5.07. The van der Waals surface area contributed by atoms with Crippen LogP contribution in [0.25, 0.3) is 0 Å². The van der Waals surface area contributed by atoms with Gasteiger partial charge < -0.3 is 0 Å². The van der Waals surface area contributed by atoms with Gasteiger partial charge in [-0.25, -0.2) is 4.39 Å². The second-order valence-electron chi connectivity index (χ2n) is 5.07. The highest BCUT2D eigenvalue weighted by Gasteiger charge is 2.18. The Bertz CT molecular complexity index is 405. The third kappa shape index (κ3) is 3.15. The van der Waals surface area contributed by atoms with Crippen LogP contribution in [0.2, 0.25) is 0 Å². The average molecular weight is 234 g/mol. The zero-order valence-corrected chi connectivity index (χ0v) is 10.3. The van der Waals surface area contributed by atoms with Gasteiger partial charge in [-0.3, -0.25) is 4.79 Å². The molecule has 0 heterocycles. The molecule has 0 amide bonds. The van der Waals surface area contributed by atoms with E-state index >= 15 is 0 Å². The molecule has 0 aromatic heterocycles. The summed E-state index contributed by atoms with van der Waals surface area (Å²) in [5, 5.41) is 0. The molecule has 0 N–H and O–H groups in total. The molecule has 92 valence electrons. The Hall–Kier alpha value is -1.18. The molecule has 1 aromatic carbocycles. The van der Waals surface area contributed by atoms with E-state index in [1.165, 1.54) is 32.3 Å². The molecule has 1 aromatic rings. The van der Waals surface area contributed by atoms with Gasteiger partial charge in [-0.1, -0.05) is 31.4 Å². The standard InChI is InChI=1S/C15H19FO/c1-11(17)9-12-7-8-14(15(16)10-12)13-5-3-2-4-6-13/h7-8,10,13H,2-6,9H2,1H3. The van der Waals surface area contributed by atoms with Gasteiger partial charge in [0.05, 0.1) is 0 Å². The fourth-order valence-corrected chi connectivity index (χ4v) is 2.71. The number of carbonyl (C=O) groups excluding carboxylic acids is 1. The smallest absolute Gasteiger partial charge is 0.134 e. The Morgan fingerprint density at radius 3 is 2.59 bits per heavy atom. The van der Waals surface area contributed by atoms with Crippen molar-refractivity contribution in [1.29, 1.82) is 0 Å². The number of hydrogen-bond acceptors (Lipinski definition) is 1. The lowest BCUT2D eigenvalue weighted by Gasteiger charge is -2.22. The molecule has 1 fully saturated rings. The highest BCUT2D eigenvalue weighted by molar-refractivity contribution is 5.78. The quantitative estimate of drug-likeness (QED) is 0.772. The first-order valence-corrected chi connectivity index (χ1v) is 6.44. The Morgan fingerprint density at radius 1 is 1.29 bits per heavy atom. The lowest BCUT2D eigenvalue weighted by molar-refractivity contribution is -0.116. The predicted molar refractivity (Wildman–Crippen MR) is 66.6 cm³/mol. The Morgan fingerprint density at radius 2 is 2.00 bits per heavy atom. The third-order valence-electron chi connectivity index (χ3n) is 3.56. The minimum atomic E-state index is -0.129. The molecule has 0 spiro atoms. The number of Topliss-reactive ketones (excluding diaryl/α,β-unsaturated/α-hetero) is 1. The van der Waals surface area contributed by atoms with Gasteiger partial charge in [-0.05, 0) is 42.9 Å². The molecule has 0 atom stereocenters. The Kier molecular flexibility index (Phi) is 3.93. The summed E-state index contributed by atoms with van der Waals surface area (Å²) >= 11 is 0.